The zero-order valence-electron chi connectivity index (χ0n) is 11.9. The highest BCUT2D eigenvalue weighted by Gasteiger charge is 2.25. The molecule has 1 atom stereocenters. The summed E-state index contributed by atoms with van der Waals surface area (Å²) in [6.07, 6.45) is 3.51. The van der Waals surface area contributed by atoms with Crippen molar-refractivity contribution >= 4 is 5.91 Å². The Morgan fingerprint density at radius 3 is 2.70 bits per heavy atom. The van der Waals surface area contributed by atoms with Crippen LogP contribution in [0.1, 0.15) is 11.6 Å². The summed E-state index contributed by atoms with van der Waals surface area (Å²) in [5.41, 5.74) is 0.942. The Hall–Kier alpha value is -2.14. The molecule has 5 nitrogen and oxygen atoms in total. The van der Waals surface area contributed by atoms with Gasteiger partial charge in [0.1, 0.15) is 0 Å². The van der Waals surface area contributed by atoms with E-state index in [1.807, 2.05) is 56.7 Å². The monoisotopic (exact) mass is 272 g/mol. The molecule has 1 N–H and O–H groups in total. The van der Waals surface area contributed by atoms with E-state index in [1.165, 1.54) is 0 Å². The maximum Gasteiger partial charge on any atom is 0.251 e. The van der Waals surface area contributed by atoms with Crippen molar-refractivity contribution in [3.63, 3.8) is 0 Å². The van der Waals surface area contributed by atoms with Gasteiger partial charge in [0.2, 0.25) is 0 Å². The minimum absolute atomic E-state index is 0.0372. The standard InChI is InChI=1S/C15H20N4O/c1-16-10-12-18(2)15(20)14(19-11-6-9-17-19)13-7-4-3-5-8-13/h3-9,11,14,16H,10,12H2,1-2H3. The van der Waals surface area contributed by atoms with Crippen molar-refractivity contribution in [2.24, 2.45) is 0 Å². The molecule has 20 heavy (non-hydrogen) atoms. The summed E-state index contributed by atoms with van der Waals surface area (Å²) in [7, 11) is 3.69. The van der Waals surface area contributed by atoms with E-state index in [2.05, 4.69) is 10.4 Å². The minimum atomic E-state index is -0.409. The van der Waals surface area contributed by atoms with E-state index in [4.69, 9.17) is 0 Å². The van der Waals surface area contributed by atoms with Crippen LogP contribution in [-0.4, -0.2) is 47.8 Å². The molecule has 0 aliphatic rings. The first-order valence-electron chi connectivity index (χ1n) is 6.67. The maximum atomic E-state index is 12.7. The van der Waals surface area contributed by atoms with Crippen LogP contribution in [0.25, 0.3) is 0 Å². The van der Waals surface area contributed by atoms with Crippen LogP contribution in [0.15, 0.2) is 48.8 Å². The molecule has 0 aliphatic heterocycles. The Morgan fingerprint density at radius 1 is 1.35 bits per heavy atom. The van der Waals surface area contributed by atoms with Gasteiger partial charge in [-0.15, -0.1) is 0 Å². The van der Waals surface area contributed by atoms with Gasteiger partial charge in [-0.1, -0.05) is 30.3 Å². The van der Waals surface area contributed by atoms with Gasteiger partial charge in [-0.2, -0.15) is 5.10 Å². The number of carbonyl (C=O) groups is 1. The minimum Gasteiger partial charge on any atom is -0.342 e. The first-order chi connectivity index (χ1) is 9.74. The molecule has 2 aromatic rings. The van der Waals surface area contributed by atoms with Gasteiger partial charge in [0.05, 0.1) is 0 Å². The van der Waals surface area contributed by atoms with Crippen LogP contribution < -0.4 is 5.32 Å². The fourth-order valence-corrected chi connectivity index (χ4v) is 2.08. The lowest BCUT2D eigenvalue weighted by atomic mass is 10.1. The van der Waals surface area contributed by atoms with Crippen LogP contribution in [0.2, 0.25) is 0 Å². The fourth-order valence-electron chi connectivity index (χ4n) is 2.08. The van der Waals surface area contributed by atoms with Crippen molar-refractivity contribution in [2.75, 3.05) is 27.2 Å². The lowest BCUT2D eigenvalue weighted by Crippen LogP contribution is -2.38. The highest BCUT2D eigenvalue weighted by atomic mass is 16.2. The summed E-state index contributed by atoms with van der Waals surface area (Å²) in [6.45, 7) is 1.43. The molecule has 1 heterocycles. The Labute approximate surface area is 119 Å². The third kappa shape index (κ3) is 3.24. The van der Waals surface area contributed by atoms with E-state index in [-0.39, 0.29) is 5.91 Å². The third-order valence-electron chi connectivity index (χ3n) is 3.21. The zero-order valence-corrected chi connectivity index (χ0v) is 11.9. The molecule has 0 radical (unpaired) electrons. The summed E-state index contributed by atoms with van der Waals surface area (Å²) in [5.74, 6) is 0.0372. The number of hydrogen-bond acceptors (Lipinski definition) is 3. The Morgan fingerprint density at radius 2 is 2.10 bits per heavy atom. The number of rotatable bonds is 6. The summed E-state index contributed by atoms with van der Waals surface area (Å²) < 4.78 is 1.70. The van der Waals surface area contributed by atoms with Gasteiger partial charge in [-0.05, 0) is 18.7 Å². The zero-order chi connectivity index (χ0) is 14.4. The predicted molar refractivity (Wildman–Crippen MR) is 78.4 cm³/mol. The van der Waals surface area contributed by atoms with Crippen molar-refractivity contribution in [3.8, 4) is 0 Å². The van der Waals surface area contributed by atoms with E-state index >= 15 is 0 Å². The van der Waals surface area contributed by atoms with Crippen LogP contribution >= 0.6 is 0 Å². The lowest BCUT2D eigenvalue weighted by molar-refractivity contribution is -0.132. The second-order valence-electron chi connectivity index (χ2n) is 4.66. The highest BCUT2D eigenvalue weighted by Crippen LogP contribution is 2.19. The van der Waals surface area contributed by atoms with Crippen LogP contribution in [0.5, 0.6) is 0 Å². The van der Waals surface area contributed by atoms with Gasteiger partial charge in [0, 0.05) is 32.5 Å². The van der Waals surface area contributed by atoms with Crippen molar-refractivity contribution in [2.45, 2.75) is 6.04 Å². The van der Waals surface area contributed by atoms with E-state index in [0.29, 0.717) is 6.54 Å². The third-order valence-corrected chi connectivity index (χ3v) is 3.21. The van der Waals surface area contributed by atoms with Crippen molar-refractivity contribution in [1.29, 1.82) is 0 Å². The second-order valence-corrected chi connectivity index (χ2v) is 4.66. The molecule has 106 valence electrons. The maximum absolute atomic E-state index is 12.7. The van der Waals surface area contributed by atoms with Crippen molar-refractivity contribution in [3.05, 3.63) is 54.4 Å². The Balaban J connectivity index is 2.26. The lowest BCUT2D eigenvalue weighted by Gasteiger charge is -2.24. The topological polar surface area (TPSA) is 50.2 Å². The van der Waals surface area contributed by atoms with Crippen LogP contribution in [0.4, 0.5) is 0 Å². The van der Waals surface area contributed by atoms with E-state index in [1.54, 1.807) is 15.8 Å². The number of nitrogens with zero attached hydrogens (tertiary/aromatic N) is 3. The highest BCUT2D eigenvalue weighted by molar-refractivity contribution is 5.83. The van der Waals surface area contributed by atoms with Gasteiger partial charge in [-0.3, -0.25) is 9.48 Å². The average Bonchev–Trinajstić information content (AvgIpc) is 3.00. The average molecular weight is 272 g/mol. The van der Waals surface area contributed by atoms with Gasteiger partial charge in [0.25, 0.3) is 5.91 Å². The fraction of sp³-hybridized carbons (Fsp3) is 0.333. The molecule has 0 spiro atoms. The summed E-state index contributed by atoms with van der Waals surface area (Å²) in [6, 6.07) is 11.1. The summed E-state index contributed by atoms with van der Waals surface area (Å²) in [4.78, 5) is 14.4. The SMILES string of the molecule is CNCCN(C)C(=O)C(c1ccccc1)n1cccn1. The molecule has 2 rings (SSSR count). The molecule has 1 amide bonds. The number of hydrogen-bond donors (Lipinski definition) is 1. The number of nitrogens with one attached hydrogen (secondary N) is 1. The molecule has 0 bridgehead atoms. The molecule has 0 saturated carbocycles. The number of benzene rings is 1. The van der Waals surface area contributed by atoms with Crippen LogP contribution in [0, 0.1) is 0 Å². The molecule has 0 saturated heterocycles. The van der Waals surface area contributed by atoms with Crippen molar-refractivity contribution < 1.29 is 4.79 Å². The van der Waals surface area contributed by atoms with Gasteiger partial charge in [0.15, 0.2) is 6.04 Å². The van der Waals surface area contributed by atoms with Crippen molar-refractivity contribution in [1.82, 2.24) is 20.0 Å². The largest absolute Gasteiger partial charge is 0.342 e. The van der Waals surface area contributed by atoms with Gasteiger partial charge < -0.3 is 10.2 Å². The Bertz CT molecular complexity index is 524. The smallest absolute Gasteiger partial charge is 0.251 e. The molecule has 1 aromatic heterocycles. The predicted octanol–water partition coefficient (Wildman–Crippen LogP) is 1.15. The second kappa shape index (κ2) is 6.86. The summed E-state index contributed by atoms with van der Waals surface area (Å²) >= 11 is 0. The van der Waals surface area contributed by atoms with Crippen LogP contribution in [-0.2, 0) is 4.79 Å². The quantitative estimate of drug-likeness (QED) is 0.858. The number of carbonyl (C=O) groups excluding carboxylic acids is 1. The van der Waals surface area contributed by atoms with Gasteiger partial charge in [-0.25, -0.2) is 0 Å². The number of aromatic nitrogens is 2. The van der Waals surface area contributed by atoms with E-state index in [9.17, 15) is 4.79 Å². The number of amides is 1. The molecular weight excluding hydrogens is 252 g/mol. The molecule has 5 heteroatoms. The van der Waals surface area contributed by atoms with Gasteiger partial charge >= 0.3 is 0 Å². The van der Waals surface area contributed by atoms with E-state index < -0.39 is 6.04 Å². The molecular formula is C15H20N4O. The molecule has 1 aromatic carbocycles. The van der Waals surface area contributed by atoms with Crippen LogP contribution in [0.3, 0.4) is 0 Å². The first-order valence-corrected chi connectivity index (χ1v) is 6.67. The normalized spacial score (nSPS) is 12.1. The molecule has 1 unspecified atom stereocenters. The van der Waals surface area contributed by atoms with E-state index in [0.717, 1.165) is 12.1 Å². The molecule has 0 fully saturated rings. The Kier molecular flexibility index (Phi) is 4.90. The number of likely N-dealkylation sites (N-methyl/N-ethyl adjacent to an activating group) is 2. The molecule has 0 aliphatic carbocycles. The first kappa shape index (κ1) is 14.3. The summed E-state index contributed by atoms with van der Waals surface area (Å²) in [5, 5.41) is 7.28.